The first-order valence-electron chi connectivity index (χ1n) is 5.77. The van der Waals surface area contributed by atoms with Gasteiger partial charge in [-0.25, -0.2) is 4.98 Å². The highest BCUT2D eigenvalue weighted by molar-refractivity contribution is 5.36. The summed E-state index contributed by atoms with van der Waals surface area (Å²) in [7, 11) is 3.27. The van der Waals surface area contributed by atoms with Crippen LogP contribution in [0.25, 0.3) is 0 Å². The summed E-state index contributed by atoms with van der Waals surface area (Å²) in [6.07, 6.45) is 1.28. The standard InChI is InChI=1S/C13H15N3O3/c1-14-7-9-4-3-5-10(6-9)19-13-11(18-2)12(17)15-8-16-13/h3-6,8,14H,7H2,1-2H3,(H,15,16,17). The number of H-pyrrole nitrogens is 1. The quantitative estimate of drug-likeness (QED) is 0.848. The van der Waals surface area contributed by atoms with Crippen LogP contribution in [0.5, 0.6) is 17.4 Å². The third-order valence-corrected chi connectivity index (χ3v) is 2.48. The highest BCUT2D eigenvalue weighted by Crippen LogP contribution is 2.25. The predicted octanol–water partition coefficient (Wildman–Crippen LogP) is 1.29. The second-order valence-electron chi connectivity index (χ2n) is 3.85. The minimum Gasteiger partial charge on any atom is -0.487 e. The van der Waals surface area contributed by atoms with Crippen molar-refractivity contribution in [2.24, 2.45) is 0 Å². The van der Waals surface area contributed by atoms with Gasteiger partial charge in [-0.2, -0.15) is 0 Å². The molecule has 0 spiro atoms. The van der Waals surface area contributed by atoms with Crippen molar-refractivity contribution >= 4 is 0 Å². The molecule has 0 saturated carbocycles. The SMILES string of the molecule is CNCc1cccc(Oc2nc[nH]c(=O)c2OC)c1. The van der Waals surface area contributed by atoms with Crippen LogP contribution in [0.3, 0.4) is 0 Å². The smallest absolute Gasteiger partial charge is 0.297 e. The van der Waals surface area contributed by atoms with Crippen LogP contribution < -0.4 is 20.3 Å². The summed E-state index contributed by atoms with van der Waals surface area (Å²) in [6.45, 7) is 0.733. The van der Waals surface area contributed by atoms with Gasteiger partial charge in [0.15, 0.2) is 0 Å². The number of hydrogen-bond donors (Lipinski definition) is 2. The molecule has 1 aromatic carbocycles. The average Bonchev–Trinajstić information content (AvgIpc) is 2.40. The second-order valence-corrected chi connectivity index (χ2v) is 3.85. The summed E-state index contributed by atoms with van der Waals surface area (Å²) in [5.41, 5.74) is 0.697. The monoisotopic (exact) mass is 261 g/mol. The molecule has 0 amide bonds. The molecule has 0 unspecified atom stereocenters. The molecular weight excluding hydrogens is 246 g/mol. The van der Waals surface area contributed by atoms with Gasteiger partial charge >= 0.3 is 0 Å². The molecule has 6 nitrogen and oxygen atoms in total. The Balaban J connectivity index is 2.28. The van der Waals surface area contributed by atoms with E-state index in [-0.39, 0.29) is 17.2 Å². The van der Waals surface area contributed by atoms with Crippen molar-refractivity contribution in [2.45, 2.75) is 6.54 Å². The van der Waals surface area contributed by atoms with Crippen molar-refractivity contribution in [3.05, 3.63) is 46.5 Å². The minimum atomic E-state index is -0.376. The molecule has 0 aliphatic rings. The number of benzene rings is 1. The molecule has 0 radical (unpaired) electrons. The molecule has 0 aliphatic heterocycles. The highest BCUT2D eigenvalue weighted by atomic mass is 16.5. The molecule has 0 saturated heterocycles. The molecule has 0 fully saturated rings. The van der Waals surface area contributed by atoms with E-state index in [4.69, 9.17) is 9.47 Å². The van der Waals surface area contributed by atoms with Crippen LogP contribution in [-0.2, 0) is 6.54 Å². The normalized spacial score (nSPS) is 10.2. The van der Waals surface area contributed by atoms with Crippen LogP contribution in [0.4, 0.5) is 0 Å². The zero-order chi connectivity index (χ0) is 13.7. The van der Waals surface area contributed by atoms with Crippen LogP contribution >= 0.6 is 0 Å². The number of aromatic amines is 1. The van der Waals surface area contributed by atoms with Crippen molar-refractivity contribution in [1.29, 1.82) is 0 Å². The molecule has 1 heterocycles. The number of nitrogens with one attached hydrogen (secondary N) is 2. The number of nitrogens with zero attached hydrogens (tertiary/aromatic N) is 1. The van der Waals surface area contributed by atoms with Crippen LogP contribution in [0.15, 0.2) is 35.4 Å². The number of methoxy groups -OCH3 is 1. The molecule has 2 rings (SSSR count). The van der Waals surface area contributed by atoms with E-state index in [0.29, 0.717) is 5.75 Å². The topological polar surface area (TPSA) is 76.2 Å². The van der Waals surface area contributed by atoms with Crippen LogP contribution in [-0.4, -0.2) is 24.1 Å². The van der Waals surface area contributed by atoms with Crippen LogP contribution in [0.1, 0.15) is 5.56 Å². The fourth-order valence-electron chi connectivity index (χ4n) is 1.66. The van der Waals surface area contributed by atoms with Gasteiger partial charge in [-0.15, -0.1) is 0 Å². The van der Waals surface area contributed by atoms with Crippen molar-refractivity contribution in [3.63, 3.8) is 0 Å². The molecule has 2 aromatic rings. The van der Waals surface area contributed by atoms with Crippen molar-refractivity contribution in [3.8, 4) is 17.4 Å². The van der Waals surface area contributed by atoms with E-state index < -0.39 is 0 Å². The van der Waals surface area contributed by atoms with E-state index in [1.54, 1.807) is 6.07 Å². The molecule has 6 heteroatoms. The molecule has 1 aromatic heterocycles. The Bertz CT molecular complexity index is 610. The first-order chi connectivity index (χ1) is 9.24. The molecule has 0 aliphatic carbocycles. The first-order valence-corrected chi connectivity index (χ1v) is 5.77. The van der Waals surface area contributed by atoms with Gasteiger partial charge in [0, 0.05) is 6.54 Å². The van der Waals surface area contributed by atoms with Gasteiger partial charge in [-0.1, -0.05) is 12.1 Å². The van der Waals surface area contributed by atoms with E-state index >= 15 is 0 Å². The number of hydrogen-bond acceptors (Lipinski definition) is 5. The van der Waals surface area contributed by atoms with E-state index in [0.717, 1.165) is 12.1 Å². The lowest BCUT2D eigenvalue weighted by Gasteiger charge is -2.09. The summed E-state index contributed by atoms with van der Waals surface area (Å²) >= 11 is 0. The summed E-state index contributed by atoms with van der Waals surface area (Å²) in [5, 5.41) is 3.06. The summed E-state index contributed by atoms with van der Waals surface area (Å²) in [6, 6.07) is 7.52. The van der Waals surface area contributed by atoms with Gasteiger partial charge in [0.1, 0.15) is 5.75 Å². The lowest BCUT2D eigenvalue weighted by Crippen LogP contribution is -2.11. The summed E-state index contributed by atoms with van der Waals surface area (Å²) in [5.74, 6) is 0.804. The molecule has 100 valence electrons. The Morgan fingerprint density at radius 3 is 3.00 bits per heavy atom. The highest BCUT2D eigenvalue weighted by Gasteiger charge is 2.11. The van der Waals surface area contributed by atoms with Crippen molar-refractivity contribution < 1.29 is 9.47 Å². The third kappa shape index (κ3) is 3.11. The minimum absolute atomic E-state index is 0.0570. The van der Waals surface area contributed by atoms with Gasteiger partial charge in [0.2, 0.25) is 5.75 Å². The van der Waals surface area contributed by atoms with Crippen LogP contribution in [0.2, 0.25) is 0 Å². The van der Waals surface area contributed by atoms with Gasteiger partial charge in [-0.05, 0) is 24.7 Å². The van der Waals surface area contributed by atoms with E-state index in [1.165, 1.54) is 13.4 Å². The Labute approximate surface area is 110 Å². The van der Waals surface area contributed by atoms with E-state index in [9.17, 15) is 4.79 Å². The maximum absolute atomic E-state index is 11.5. The van der Waals surface area contributed by atoms with E-state index in [1.807, 2.05) is 25.2 Å². The zero-order valence-electron chi connectivity index (χ0n) is 10.8. The van der Waals surface area contributed by atoms with E-state index in [2.05, 4.69) is 15.3 Å². The van der Waals surface area contributed by atoms with Gasteiger partial charge in [0.25, 0.3) is 11.4 Å². The molecule has 0 atom stereocenters. The lowest BCUT2D eigenvalue weighted by atomic mass is 10.2. The Hall–Kier alpha value is -2.34. The largest absolute Gasteiger partial charge is 0.487 e. The molecule has 2 N–H and O–H groups in total. The molecule has 0 bridgehead atoms. The molecule has 19 heavy (non-hydrogen) atoms. The zero-order valence-corrected chi connectivity index (χ0v) is 10.8. The predicted molar refractivity (Wildman–Crippen MR) is 70.7 cm³/mol. The Morgan fingerprint density at radius 1 is 1.42 bits per heavy atom. The maximum Gasteiger partial charge on any atom is 0.297 e. The summed E-state index contributed by atoms with van der Waals surface area (Å²) < 4.78 is 10.6. The number of aromatic nitrogens is 2. The Morgan fingerprint density at radius 2 is 2.26 bits per heavy atom. The number of rotatable bonds is 5. The third-order valence-electron chi connectivity index (χ3n) is 2.48. The Kier molecular flexibility index (Phi) is 4.15. The fourth-order valence-corrected chi connectivity index (χ4v) is 1.66. The lowest BCUT2D eigenvalue weighted by molar-refractivity contribution is 0.363. The second kappa shape index (κ2) is 6.01. The van der Waals surface area contributed by atoms with Crippen LogP contribution in [0, 0.1) is 0 Å². The number of ether oxygens (including phenoxy) is 2. The van der Waals surface area contributed by atoms with Crippen molar-refractivity contribution in [1.82, 2.24) is 15.3 Å². The average molecular weight is 261 g/mol. The fraction of sp³-hybridized carbons (Fsp3) is 0.231. The molecular formula is C13H15N3O3. The van der Waals surface area contributed by atoms with Gasteiger partial charge in [0.05, 0.1) is 13.4 Å². The summed E-state index contributed by atoms with van der Waals surface area (Å²) in [4.78, 5) is 17.9. The van der Waals surface area contributed by atoms with Crippen molar-refractivity contribution in [2.75, 3.05) is 14.2 Å². The van der Waals surface area contributed by atoms with Gasteiger partial charge in [-0.3, -0.25) is 4.79 Å². The first kappa shape index (κ1) is 13.1. The van der Waals surface area contributed by atoms with Gasteiger partial charge < -0.3 is 19.8 Å². The maximum atomic E-state index is 11.5.